The van der Waals surface area contributed by atoms with Gasteiger partial charge < -0.3 is 10.2 Å². The second-order valence-electron chi connectivity index (χ2n) is 10.2. The minimum absolute atomic E-state index is 0.185. The molecule has 4 heterocycles. The van der Waals surface area contributed by atoms with Crippen LogP contribution in [0.3, 0.4) is 0 Å². The van der Waals surface area contributed by atoms with Crippen molar-refractivity contribution in [2.24, 2.45) is 11.8 Å². The number of benzene rings is 1. The third-order valence-electron chi connectivity index (χ3n) is 7.88. The van der Waals surface area contributed by atoms with E-state index in [-0.39, 0.29) is 5.82 Å². The highest BCUT2D eigenvalue weighted by molar-refractivity contribution is 5.41. The fourth-order valence-electron chi connectivity index (χ4n) is 6.17. The van der Waals surface area contributed by atoms with Gasteiger partial charge in [-0.2, -0.15) is 4.98 Å². The summed E-state index contributed by atoms with van der Waals surface area (Å²) in [5, 5.41) is 8.64. The minimum Gasteiger partial charge on any atom is -0.356 e. The number of fused-ring (bicyclic) bond motifs is 3. The van der Waals surface area contributed by atoms with Crippen LogP contribution >= 0.6 is 0 Å². The number of aryl methyl sites for hydroxylation is 2. The molecule has 1 aromatic carbocycles. The van der Waals surface area contributed by atoms with E-state index < -0.39 is 0 Å². The van der Waals surface area contributed by atoms with Crippen LogP contribution in [0, 0.1) is 24.6 Å². The van der Waals surface area contributed by atoms with Crippen LogP contribution in [-0.2, 0) is 13.0 Å². The summed E-state index contributed by atoms with van der Waals surface area (Å²) < 4.78 is 15.5. The van der Waals surface area contributed by atoms with Gasteiger partial charge in [-0.3, -0.25) is 0 Å². The number of nitrogens with one attached hydrogen (secondary N) is 1. The van der Waals surface area contributed by atoms with Crippen molar-refractivity contribution < 1.29 is 4.39 Å². The van der Waals surface area contributed by atoms with E-state index in [9.17, 15) is 4.39 Å². The topological polar surface area (TPSA) is 71.8 Å². The molecule has 8 heteroatoms. The summed E-state index contributed by atoms with van der Waals surface area (Å²) in [6, 6.07) is 9.38. The smallest absolute Gasteiger partial charge is 0.242 e. The zero-order valence-corrected chi connectivity index (χ0v) is 19.7. The van der Waals surface area contributed by atoms with Gasteiger partial charge in [0.15, 0.2) is 0 Å². The summed E-state index contributed by atoms with van der Waals surface area (Å²) in [6.45, 7) is 4.95. The molecule has 34 heavy (non-hydrogen) atoms. The standard InChI is InChI=1S/C26H32FN7/c1-17-12-23(29-16-28-17)33-14-20-7-8-21(15-33)24(20)30-26-31-25-19(4-2-3-11-34(25)32-26)13-18-5-9-22(27)10-6-18/h5-6,9-10,12,16,19-21,24H,2-4,7-8,11,13-15H2,1H3,(H,30,32)/t19-,20-,21+,24-/m0/s1. The first-order valence-electron chi connectivity index (χ1n) is 12.6. The van der Waals surface area contributed by atoms with E-state index in [1.165, 1.54) is 19.3 Å². The van der Waals surface area contributed by atoms with Crippen LogP contribution < -0.4 is 10.2 Å². The number of piperidine rings is 1. The largest absolute Gasteiger partial charge is 0.356 e. The zero-order chi connectivity index (χ0) is 23.1. The van der Waals surface area contributed by atoms with Gasteiger partial charge in [0.2, 0.25) is 5.95 Å². The number of hydrogen-bond donors (Lipinski definition) is 1. The molecule has 6 rings (SSSR count). The first kappa shape index (κ1) is 21.5. The maximum atomic E-state index is 13.4. The van der Waals surface area contributed by atoms with E-state index >= 15 is 0 Å². The Labute approximate surface area is 199 Å². The fourth-order valence-corrected chi connectivity index (χ4v) is 6.17. The average molecular weight is 462 g/mol. The predicted molar refractivity (Wildman–Crippen MR) is 129 cm³/mol. The van der Waals surface area contributed by atoms with Crippen LogP contribution in [0.5, 0.6) is 0 Å². The first-order valence-corrected chi connectivity index (χ1v) is 12.6. The Balaban J connectivity index is 1.17. The van der Waals surface area contributed by atoms with Crippen LogP contribution in [0.15, 0.2) is 36.7 Å². The molecule has 1 saturated heterocycles. The number of hydrogen-bond acceptors (Lipinski definition) is 6. The van der Waals surface area contributed by atoms with Gasteiger partial charge in [-0.15, -0.1) is 5.10 Å². The van der Waals surface area contributed by atoms with Gasteiger partial charge in [-0.05, 0) is 68.6 Å². The Morgan fingerprint density at radius 1 is 1.03 bits per heavy atom. The second kappa shape index (κ2) is 8.96. The molecule has 2 bridgehead atoms. The summed E-state index contributed by atoms with van der Waals surface area (Å²) in [6.07, 6.45) is 8.38. The summed E-state index contributed by atoms with van der Waals surface area (Å²) in [5.74, 6) is 4.14. The number of rotatable bonds is 5. The maximum Gasteiger partial charge on any atom is 0.242 e. The van der Waals surface area contributed by atoms with Crippen LogP contribution in [0.25, 0.3) is 0 Å². The molecule has 0 unspecified atom stereocenters. The Morgan fingerprint density at radius 3 is 2.59 bits per heavy atom. The lowest BCUT2D eigenvalue weighted by Gasteiger charge is -2.38. The van der Waals surface area contributed by atoms with E-state index in [2.05, 4.69) is 30.9 Å². The lowest BCUT2D eigenvalue weighted by molar-refractivity contribution is 0.374. The molecule has 2 fully saturated rings. The molecule has 4 atom stereocenters. The summed E-state index contributed by atoms with van der Waals surface area (Å²) in [7, 11) is 0. The van der Waals surface area contributed by atoms with Crippen molar-refractivity contribution in [3.8, 4) is 0 Å². The quantitative estimate of drug-likeness (QED) is 0.609. The summed E-state index contributed by atoms with van der Waals surface area (Å²) >= 11 is 0. The molecular weight excluding hydrogens is 429 g/mol. The number of anilines is 2. The Morgan fingerprint density at radius 2 is 1.82 bits per heavy atom. The molecule has 3 aliphatic rings. The monoisotopic (exact) mass is 461 g/mol. The highest BCUT2D eigenvalue weighted by Gasteiger charge is 2.43. The molecule has 3 aromatic rings. The van der Waals surface area contributed by atoms with Crippen molar-refractivity contribution in [3.63, 3.8) is 0 Å². The van der Waals surface area contributed by atoms with Crippen LogP contribution in [-0.4, -0.2) is 43.9 Å². The molecule has 0 radical (unpaired) electrons. The minimum atomic E-state index is -0.185. The van der Waals surface area contributed by atoms with Crippen molar-refractivity contribution in [3.05, 3.63) is 59.6 Å². The van der Waals surface area contributed by atoms with Gasteiger partial charge in [0.25, 0.3) is 0 Å². The lowest BCUT2D eigenvalue weighted by atomic mass is 9.92. The molecule has 0 amide bonds. The SMILES string of the molecule is Cc1cc(N2C[C@H]3CC[C@@H](C2)[C@@H]3Nc2nc3n(n2)CCCC[C@H]3Cc2ccc(F)cc2)ncn1. The fraction of sp³-hybridized carbons (Fsp3) is 0.538. The molecule has 1 aliphatic carbocycles. The highest BCUT2D eigenvalue weighted by Crippen LogP contribution is 2.40. The van der Waals surface area contributed by atoms with Gasteiger partial charge in [-0.25, -0.2) is 19.0 Å². The van der Waals surface area contributed by atoms with Gasteiger partial charge in [0.1, 0.15) is 23.8 Å². The van der Waals surface area contributed by atoms with Crippen molar-refractivity contribution in [1.82, 2.24) is 24.7 Å². The van der Waals surface area contributed by atoms with Crippen molar-refractivity contribution in [2.45, 2.75) is 64.0 Å². The van der Waals surface area contributed by atoms with Crippen LogP contribution in [0.1, 0.15) is 55.1 Å². The molecule has 2 aromatic heterocycles. The molecule has 1 N–H and O–H groups in total. The van der Waals surface area contributed by atoms with Crippen LogP contribution in [0.4, 0.5) is 16.2 Å². The molecule has 0 spiro atoms. The Bertz CT molecular complexity index is 1130. The van der Waals surface area contributed by atoms with Gasteiger partial charge in [-0.1, -0.05) is 18.6 Å². The normalized spacial score (nSPS) is 26.2. The van der Waals surface area contributed by atoms with Crippen molar-refractivity contribution in [1.29, 1.82) is 0 Å². The van der Waals surface area contributed by atoms with E-state index in [0.29, 0.717) is 23.8 Å². The van der Waals surface area contributed by atoms with Gasteiger partial charge in [0.05, 0.1) is 0 Å². The third kappa shape index (κ3) is 4.26. The van der Waals surface area contributed by atoms with E-state index in [0.717, 1.165) is 67.7 Å². The number of nitrogens with zero attached hydrogens (tertiary/aromatic N) is 6. The lowest BCUT2D eigenvalue weighted by Crippen LogP contribution is -2.48. The third-order valence-corrected chi connectivity index (χ3v) is 7.88. The zero-order valence-electron chi connectivity index (χ0n) is 19.7. The highest BCUT2D eigenvalue weighted by atomic mass is 19.1. The Kier molecular flexibility index (Phi) is 5.67. The Hall–Kier alpha value is -3.03. The van der Waals surface area contributed by atoms with Crippen LogP contribution in [0.2, 0.25) is 0 Å². The van der Waals surface area contributed by atoms with Gasteiger partial charge >= 0.3 is 0 Å². The molecule has 178 valence electrons. The second-order valence-corrected chi connectivity index (χ2v) is 10.2. The first-order chi connectivity index (χ1) is 16.6. The van der Waals surface area contributed by atoms with Crippen molar-refractivity contribution in [2.75, 3.05) is 23.3 Å². The maximum absolute atomic E-state index is 13.4. The molecule has 2 aliphatic heterocycles. The summed E-state index contributed by atoms with van der Waals surface area (Å²) in [4.78, 5) is 16.2. The molecule has 7 nitrogen and oxygen atoms in total. The molecule has 1 saturated carbocycles. The van der Waals surface area contributed by atoms with E-state index in [1.54, 1.807) is 18.5 Å². The van der Waals surface area contributed by atoms with E-state index in [4.69, 9.17) is 10.1 Å². The number of aromatic nitrogens is 5. The van der Waals surface area contributed by atoms with Gasteiger partial charge in [0, 0.05) is 43.4 Å². The predicted octanol–water partition coefficient (Wildman–Crippen LogP) is 4.35. The average Bonchev–Trinajstić information content (AvgIpc) is 3.25. The number of halogens is 1. The van der Waals surface area contributed by atoms with E-state index in [1.807, 2.05) is 19.1 Å². The summed E-state index contributed by atoms with van der Waals surface area (Å²) in [5.41, 5.74) is 2.17. The van der Waals surface area contributed by atoms with Crippen molar-refractivity contribution >= 4 is 11.8 Å². The molecular formula is C26H32FN7.